The molecular formula is C22H30N2. The van der Waals surface area contributed by atoms with Crippen LogP contribution in [0, 0.1) is 0 Å². The Morgan fingerprint density at radius 1 is 0.792 bits per heavy atom. The normalized spacial score (nSPS) is 15.6. The van der Waals surface area contributed by atoms with Crippen molar-refractivity contribution in [2.24, 2.45) is 0 Å². The van der Waals surface area contributed by atoms with Crippen molar-refractivity contribution in [3.05, 3.63) is 58.7 Å². The fraction of sp³-hybridized carbons (Fsp3) is 0.455. The number of benzene rings is 2. The fourth-order valence-electron chi connectivity index (χ4n) is 4.09. The Bertz CT molecular complexity index is 695. The van der Waals surface area contributed by atoms with E-state index in [1.54, 1.807) is 0 Å². The van der Waals surface area contributed by atoms with Crippen molar-refractivity contribution in [1.29, 1.82) is 0 Å². The molecule has 2 nitrogen and oxygen atoms in total. The SMILES string of the molecule is CCC1c2ccc(N(C)C)cc2C(C)(C)c2cc(N(C)C)ccc21. The standard InChI is InChI=1S/C22H30N2/c1-8-17-18-11-9-15(23(4)5)13-20(18)22(2,3)21-14-16(24(6)7)10-12-19(17)21/h9-14,17H,8H2,1-7H3. The van der Waals surface area contributed by atoms with Gasteiger partial charge in [0.15, 0.2) is 0 Å². The average Bonchev–Trinajstić information content (AvgIpc) is 2.54. The summed E-state index contributed by atoms with van der Waals surface area (Å²) in [4.78, 5) is 4.39. The van der Waals surface area contributed by atoms with Gasteiger partial charge >= 0.3 is 0 Å². The third kappa shape index (κ3) is 2.49. The molecule has 2 aromatic carbocycles. The van der Waals surface area contributed by atoms with Crippen LogP contribution >= 0.6 is 0 Å². The lowest BCUT2D eigenvalue weighted by Gasteiger charge is -2.40. The summed E-state index contributed by atoms with van der Waals surface area (Å²) in [5.41, 5.74) is 8.53. The quantitative estimate of drug-likeness (QED) is 0.784. The molecule has 2 heteroatoms. The molecular weight excluding hydrogens is 292 g/mol. The van der Waals surface area contributed by atoms with Crippen molar-refractivity contribution in [2.75, 3.05) is 38.0 Å². The zero-order chi connectivity index (χ0) is 17.6. The van der Waals surface area contributed by atoms with Gasteiger partial charge in [-0.05, 0) is 52.9 Å². The molecule has 0 N–H and O–H groups in total. The number of anilines is 2. The highest BCUT2D eigenvalue weighted by Crippen LogP contribution is 2.49. The maximum atomic E-state index is 2.39. The summed E-state index contributed by atoms with van der Waals surface area (Å²) < 4.78 is 0. The fourth-order valence-corrected chi connectivity index (χ4v) is 4.09. The second-order valence-electron chi connectivity index (χ2n) is 7.92. The van der Waals surface area contributed by atoms with Crippen molar-refractivity contribution >= 4 is 11.4 Å². The maximum Gasteiger partial charge on any atom is 0.0364 e. The van der Waals surface area contributed by atoms with Crippen LogP contribution in [0.15, 0.2) is 36.4 Å². The third-order valence-electron chi connectivity index (χ3n) is 5.61. The summed E-state index contributed by atoms with van der Waals surface area (Å²) in [7, 11) is 8.47. The van der Waals surface area contributed by atoms with E-state index in [9.17, 15) is 0 Å². The van der Waals surface area contributed by atoms with Crippen LogP contribution in [0.25, 0.3) is 0 Å². The Hall–Kier alpha value is -1.96. The van der Waals surface area contributed by atoms with Gasteiger partial charge in [-0.25, -0.2) is 0 Å². The molecule has 0 unspecified atom stereocenters. The molecule has 1 aliphatic rings. The van der Waals surface area contributed by atoms with Gasteiger partial charge in [0.05, 0.1) is 0 Å². The topological polar surface area (TPSA) is 6.48 Å². The second kappa shape index (κ2) is 5.84. The van der Waals surface area contributed by atoms with E-state index in [0.717, 1.165) is 6.42 Å². The van der Waals surface area contributed by atoms with Crippen LogP contribution in [-0.2, 0) is 5.41 Å². The Kier molecular flexibility index (Phi) is 4.11. The van der Waals surface area contributed by atoms with Crippen LogP contribution in [0.1, 0.15) is 55.4 Å². The highest BCUT2D eigenvalue weighted by atomic mass is 15.1. The van der Waals surface area contributed by atoms with Gasteiger partial charge < -0.3 is 9.80 Å². The van der Waals surface area contributed by atoms with Crippen molar-refractivity contribution in [2.45, 2.75) is 38.5 Å². The van der Waals surface area contributed by atoms with Gasteiger partial charge in [0, 0.05) is 50.9 Å². The van der Waals surface area contributed by atoms with Gasteiger partial charge in [0.2, 0.25) is 0 Å². The summed E-state index contributed by atoms with van der Waals surface area (Å²) >= 11 is 0. The lowest BCUT2D eigenvalue weighted by Crippen LogP contribution is -2.30. The van der Waals surface area contributed by atoms with Gasteiger partial charge in [0.25, 0.3) is 0 Å². The molecule has 0 saturated carbocycles. The molecule has 0 radical (unpaired) electrons. The van der Waals surface area contributed by atoms with E-state index < -0.39 is 0 Å². The van der Waals surface area contributed by atoms with Crippen molar-refractivity contribution in [1.82, 2.24) is 0 Å². The Morgan fingerprint density at radius 2 is 1.21 bits per heavy atom. The smallest absolute Gasteiger partial charge is 0.0364 e. The number of fused-ring (bicyclic) bond motifs is 2. The Morgan fingerprint density at radius 3 is 1.54 bits per heavy atom. The van der Waals surface area contributed by atoms with Crippen LogP contribution in [0.5, 0.6) is 0 Å². The zero-order valence-corrected chi connectivity index (χ0v) is 16.1. The molecule has 2 aromatic rings. The predicted octanol–water partition coefficient (Wildman–Crippen LogP) is 5.00. The molecule has 0 spiro atoms. The minimum Gasteiger partial charge on any atom is -0.378 e. The first-order valence-corrected chi connectivity index (χ1v) is 8.90. The third-order valence-corrected chi connectivity index (χ3v) is 5.61. The molecule has 0 aliphatic heterocycles. The number of nitrogens with zero attached hydrogens (tertiary/aromatic N) is 2. The molecule has 1 aliphatic carbocycles. The summed E-state index contributed by atoms with van der Waals surface area (Å²) in [5, 5.41) is 0. The predicted molar refractivity (Wildman–Crippen MR) is 106 cm³/mol. The van der Waals surface area contributed by atoms with Crippen LogP contribution in [-0.4, -0.2) is 28.2 Å². The van der Waals surface area contributed by atoms with E-state index in [2.05, 4.69) is 95.2 Å². The van der Waals surface area contributed by atoms with E-state index in [-0.39, 0.29) is 5.41 Å². The highest BCUT2D eigenvalue weighted by molar-refractivity contribution is 5.64. The highest BCUT2D eigenvalue weighted by Gasteiger charge is 2.37. The number of rotatable bonds is 3. The summed E-state index contributed by atoms with van der Waals surface area (Å²) in [6, 6.07) is 14.0. The summed E-state index contributed by atoms with van der Waals surface area (Å²) in [6.45, 7) is 7.04. The summed E-state index contributed by atoms with van der Waals surface area (Å²) in [5.74, 6) is 0.496. The van der Waals surface area contributed by atoms with Crippen molar-refractivity contribution in [3.8, 4) is 0 Å². The van der Waals surface area contributed by atoms with Crippen LogP contribution in [0.2, 0.25) is 0 Å². The van der Waals surface area contributed by atoms with Gasteiger partial charge in [-0.2, -0.15) is 0 Å². The van der Waals surface area contributed by atoms with E-state index in [4.69, 9.17) is 0 Å². The maximum absolute atomic E-state index is 2.39. The van der Waals surface area contributed by atoms with Crippen LogP contribution in [0.3, 0.4) is 0 Å². The van der Waals surface area contributed by atoms with Crippen molar-refractivity contribution < 1.29 is 0 Å². The molecule has 24 heavy (non-hydrogen) atoms. The average molecular weight is 322 g/mol. The zero-order valence-electron chi connectivity index (χ0n) is 16.1. The first-order valence-electron chi connectivity index (χ1n) is 8.90. The van der Waals surface area contributed by atoms with Crippen molar-refractivity contribution in [3.63, 3.8) is 0 Å². The molecule has 0 saturated heterocycles. The first kappa shape index (κ1) is 16.9. The second-order valence-corrected chi connectivity index (χ2v) is 7.92. The molecule has 0 fully saturated rings. The largest absolute Gasteiger partial charge is 0.378 e. The lowest BCUT2D eigenvalue weighted by atomic mass is 9.64. The van der Waals surface area contributed by atoms with E-state index in [1.165, 1.54) is 33.6 Å². The van der Waals surface area contributed by atoms with E-state index in [0.29, 0.717) is 5.92 Å². The minimum atomic E-state index is 0.0222. The lowest BCUT2D eigenvalue weighted by molar-refractivity contribution is 0.575. The van der Waals surface area contributed by atoms with Gasteiger partial charge in [-0.1, -0.05) is 32.9 Å². The molecule has 0 aromatic heterocycles. The molecule has 0 heterocycles. The van der Waals surface area contributed by atoms with E-state index >= 15 is 0 Å². The molecule has 0 amide bonds. The van der Waals surface area contributed by atoms with Gasteiger partial charge in [-0.15, -0.1) is 0 Å². The number of hydrogen-bond acceptors (Lipinski definition) is 2. The van der Waals surface area contributed by atoms with Crippen LogP contribution in [0.4, 0.5) is 11.4 Å². The molecule has 3 rings (SSSR count). The van der Waals surface area contributed by atoms with Crippen LogP contribution < -0.4 is 9.80 Å². The molecule has 0 bridgehead atoms. The van der Waals surface area contributed by atoms with Gasteiger partial charge in [0.1, 0.15) is 0 Å². The minimum absolute atomic E-state index is 0.0222. The molecule has 0 atom stereocenters. The van der Waals surface area contributed by atoms with Gasteiger partial charge in [-0.3, -0.25) is 0 Å². The Labute approximate surface area is 147 Å². The first-order chi connectivity index (χ1) is 11.3. The summed E-state index contributed by atoms with van der Waals surface area (Å²) in [6.07, 6.45) is 1.14. The number of hydrogen-bond donors (Lipinski definition) is 0. The molecule has 128 valence electrons. The monoisotopic (exact) mass is 322 g/mol. The van der Waals surface area contributed by atoms with E-state index in [1.807, 2.05) is 0 Å². The Balaban J connectivity index is 2.26.